The fraction of sp³-hybridized carbons (Fsp3) is 1.00. The second-order valence-corrected chi connectivity index (χ2v) is 6.74. The molecular weight excluding hydrogens is 236 g/mol. The minimum atomic E-state index is 0.458. The van der Waals surface area contributed by atoms with E-state index < -0.39 is 0 Å². The standard InChI is InChI=1S/C16H30N2O/c1-19-16-10-4-8-15(16)18-14-7-3-2-6-12(14)13-9-5-11-17-13/h12-18H,2-11H2,1H3. The molecule has 3 fully saturated rings. The van der Waals surface area contributed by atoms with Gasteiger partial charge in [-0.15, -0.1) is 0 Å². The SMILES string of the molecule is COC1CCCC1NC1CCCCC1C1CCCN1. The third-order valence-electron chi connectivity index (χ3n) is 5.62. The molecule has 3 rings (SSSR count). The molecule has 5 atom stereocenters. The quantitative estimate of drug-likeness (QED) is 0.820. The predicted molar refractivity (Wildman–Crippen MR) is 78.3 cm³/mol. The number of methoxy groups -OCH3 is 1. The highest BCUT2D eigenvalue weighted by molar-refractivity contribution is 4.95. The molecule has 0 radical (unpaired) electrons. The molecular formula is C16H30N2O. The first-order valence-electron chi connectivity index (χ1n) is 8.40. The van der Waals surface area contributed by atoms with Gasteiger partial charge in [-0.1, -0.05) is 12.8 Å². The fourth-order valence-electron chi connectivity index (χ4n) is 4.60. The third kappa shape index (κ3) is 3.14. The minimum Gasteiger partial charge on any atom is -0.380 e. The van der Waals surface area contributed by atoms with Crippen LogP contribution in [-0.2, 0) is 4.74 Å². The number of hydrogen-bond donors (Lipinski definition) is 2. The zero-order chi connectivity index (χ0) is 13.1. The third-order valence-corrected chi connectivity index (χ3v) is 5.62. The summed E-state index contributed by atoms with van der Waals surface area (Å²) in [4.78, 5) is 0. The highest BCUT2D eigenvalue weighted by Crippen LogP contribution is 2.32. The summed E-state index contributed by atoms with van der Waals surface area (Å²) in [5.74, 6) is 0.856. The van der Waals surface area contributed by atoms with Crippen LogP contribution < -0.4 is 10.6 Å². The van der Waals surface area contributed by atoms with Crippen LogP contribution in [0.1, 0.15) is 57.8 Å². The molecule has 0 aromatic carbocycles. The molecule has 0 spiro atoms. The second kappa shape index (κ2) is 6.55. The zero-order valence-corrected chi connectivity index (χ0v) is 12.4. The van der Waals surface area contributed by atoms with Crippen LogP contribution in [0.4, 0.5) is 0 Å². The largest absolute Gasteiger partial charge is 0.380 e. The Morgan fingerprint density at radius 3 is 2.53 bits per heavy atom. The van der Waals surface area contributed by atoms with Gasteiger partial charge in [0.2, 0.25) is 0 Å². The van der Waals surface area contributed by atoms with Crippen LogP contribution in [-0.4, -0.2) is 37.9 Å². The van der Waals surface area contributed by atoms with Crippen molar-refractivity contribution in [2.45, 2.75) is 82.0 Å². The maximum absolute atomic E-state index is 5.65. The molecule has 2 aliphatic carbocycles. The number of ether oxygens (including phenoxy) is 1. The summed E-state index contributed by atoms with van der Waals surface area (Å²) in [5, 5.41) is 7.72. The maximum Gasteiger partial charge on any atom is 0.0724 e. The lowest BCUT2D eigenvalue weighted by Crippen LogP contribution is -2.52. The van der Waals surface area contributed by atoms with Gasteiger partial charge in [-0.2, -0.15) is 0 Å². The van der Waals surface area contributed by atoms with E-state index >= 15 is 0 Å². The second-order valence-electron chi connectivity index (χ2n) is 6.74. The zero-order valence-electron chi connectivity index (χ0n) is 12.4. The lowest BCUT2D eigenvalue weighted by Gasteiger charge is -2.38. The number of hydrogen-bond acceptors (Lipinski definition) is 3. The summed E-state index contributed by atoms with van der Waals surface area (Å²) in [5.41, 5.74) is 0. The first-order valence-corrected chi connectivity index (χ1v) is 8.40. The van der Waals surface area contributed by atoms with Crippen LogP contribution in [0.15, 0.2) is 0 Å². The molecule has 0 aromatic rings. The number of nitrogens with one attached hydrogen (secondary N) is 2. The van der Waals surface area contributed by atoms with E-state index in [-0.39, 0.29) is 0 Å². The van der Waals surface area contributed by atoms with Crippen molar-refractivity contribution in [1.82, 2.24) is 10.6 Å². The highest BCUT2D eigenvalue weighted by Gasteiger charge is 2.36. The Kier molecular flexibility index (Phi) is 4.78. The average molecular weight is 266 g/mol. The summed E-state index contributed by atoms with van der Waals surface area (Å²) >= 11 is 0. The molecule has 1 heterocycles. The van der Waals surface area contributed by atoms with Gasteiger partial charge in [0.1, 0.15) is 0 Å². The molecule has 0 aromatic heterocycles. The Balaban J connectivity index is 1.60. The Morgan fingerprint density at radius 2 is 1.74 bits per heavy atom. The molecule has 1 aliphatic heterocycles. The van der Waals surface area contributed by atoms with E-state index in [1.54, 1.807) is 0 Å². The van der Waals surface area contributed by atoms with E-state index in [9.17, 15) is 0 Å². The molecule has 3 nitrogen and oxygen atoms in total. The van der Waals surface area contributed by atoms with Crippen molar-refractivity contribution in [3.63, 3.8) is 0 Å². The van der Waals surface area contributed by atoms with Gasteiger partial charge in [-0.3, -0.25) is 0 Å². The molecule has 2 saturated carbocycles. The summed E-state index contributed by atoms with van der Waals surface area (Å²) in [6, 6.07) is 2.11. The van der Waals surface area contributed by atoms with Gasteiger partial charge >= 0.3 is 0 Å². The van der Waals surface area contributed by atoms with Crippen LogP contribution in [0.2, 0.25) is 0 Å². The number of rotatable bonds is 4. The van der Waals surface area contributed by atoms with Crippen molar-refractivity contribution < 1.29 is 4.74 Å². The summed E-state index contributed by atoms with van der Waals surface area (Å²) in [6.07, 6.45) is 12.7. The van der Waals surface area contributed by atoms with Gasteiger partial charge in [0.25, 0.3) is 0 Å². The van der Waals surface area contributed by atoms with E-state index in [1.165, 1.54) is 64.3 Å². The van der Waals surface area contributed by atoms with Gasteiger partial charge < -0.3 is 15.4 Å². The van der Waals surface area contributed by atoms with E-state index in [2.05, 4.69) is 10.6 Å². The van der Waals surface area contributed by atoms with Gasteiger partial charge in [0, 0.05) is 25.2 Å². The fourth-order valence-corrected chi connectivity index (χ4v) is 4.60. The minimum absolute atomic E-state index is 0.458. The Bertz CT molecular complexity index is 278. The van der Waals surface area contributed by atoms with E-state index in [1.807, 2.05) is 7.11 Å². The highest BCUT2D eigenvalue weighted by atomic mass is 16.5. The normalized spacial score (nSPS) is 43.7. The van der Waals surface area contributed by atoms with Crippen molar-refractivity contribution in [3.8, 4) is 0 Å². The summed E-state index contributed by atoms with van der Waals surface area (Å²) in [6.45, 7) is 1.23. The van der Waals surface area contributed by atoms with E-state index in [4.69, 9.17) is 4.74 Å². The lowest BCUT2D eigenvalue weighted by molar-refractivity contribution is 0.0718. The van der Waals surface area contributed by atoms with Gasteiger partial charge in [-0.25, -0.2) is 0 Å². The molecule has 19 heavy (non-hydrogen) atoms. The van der Waals surface area contributed by atoms with Gasteiger partial charge in [-0.05, 0) is 57.4 Å². The lowest BCUT2D eigenvalue weighted by atomic mass is 9.79. The molecule has 3 aliphatic rings. The van der Waals surface area contributed by atoms with Crippen LogP contribution in [0.3, 0.4) is 0 Å². The Labute approximate surface area is 117 Å². The molecule has 2 N–H and O–H groups in total. The van der Waals surface area contributed by atoms with Crippen LogP contribution in [0.5, 0.6) is 0 Å². The maximum atomic E-state index is 5.65. The molecule has 0 amide bonds. The van der Waals surface area contributed by atoms with Crippen molar-refractivity contribution >= 4 is 0 Å². The molecule has 110 valence electrons. The Morgan fingerprint density at radius 1 is 0.895 bits per heavy atom. The smallest absolute Gasteiger partial charge is 0.0724 e. The van der Waals surface area contributed by atoms with Crippen molar-refractivity contribution in [3.05, 3.63) is 0 Å². The monoisotopic (exact) mass is 266 g/mol. The first-order chi connectivity index (χ1) is 9.38. The molecule has 3 heteroatoms. The topological polar surface area (TPSA) is 33.3 Å². The van der Waals surface area contributed by atoms with Crippen molar-refractivity contribution in [2.24, 2.45) is 5.92 Å². The van der Waals surface area contributed by atoms with Crippen LogP contribution >= 0.6 is 0 Å². The first kappa shape index (κ1) is 13.8. The molecule has 5 unspecified atom stereocenters. The van der Waals surface area contributed by atoms with Gasteiger partial charge in [0.05, 0.1) is 6.10 Å². The van der Waals surface area contributed by atoms with E-state index in [0.717, 1.165) is 18.0 Å². The Hall–Kier alpha value is -0.120. The van der Waals surface area contributed by atoms with E-state index in [0.29, 0.717) is 12.1 Å². The average Bonchev–Trinajstić information content (AvgIpc) is 3.10. The molecule has 1 saturated heterocycles. The summed E-state index contributed by atoms with van der Waals surface area (Å²) in [7, 11) is 1.88. The van der Waals surface area contributed by atoms with Crippen LogP contribution in [0.25, 0.3) is 0 Å². The van der Waals surface area contributed by atoms with Gasteiger partial charge in [0.15, 0.2) is 0 Å². The predicted octanol–water partition coefficient (Wildman–Crippen LogP) is 2.45. The molecule has 0 bridgehead atoms. The van der Waals surface area contributed by atoms with Crippen molar-refractivity contribution in [1.29, 1.82) is 0 Å². The van der Waals surface area contributed by atoms with Crippen molar-refractivity contribution in [2.75, 3.05) is 13.7 Å². The van der Waals surface area contributed by atoms with Crippen LogP contribution in [0, 0.1) is 5.92 Å². The summed E-state index contributed by atoms with van der Waals surface area (Å²) < 4.78 is 5.65.